The summed E-state index contributed by atoms with van der Waals surface area (Å²) >= 11 is 5.90. The minimum Gasteiger partial charge on any atom is -0.472 e. The van der Waals surface area contributed by atoms with Crippen LogP contribution in [0.4, 0.5) is 0 Å². The Morgan fingerprint density at radius 3 is 2.93 bits per heavy atom. The van der Waals surface area contributed by atoms with Gasteiger partial charge in [0.05, 0.1) is 6.20 Å². The predicted molar refractivity (Wildman–Crippen MR) is 57.9 cm³/mol. The molecular weight excluding hydrogens is 214 g/mol. The SMILES string of the molecule is NC1CCCCC1Oc1ncncc1Cl. The molecule has 1 fully saturated rings. The number of halogens is 1. The zero-order valence-corrected chi connectivity index (χ0v) is 9.15. The van der Waals surface area contributed by atoms with Crippen molar-refractivity contribution in [3.63, 3.8) is 0 Å². The van der Waals surface area contributed by atoms with Crippen molar-refractivity contribution in [3.05, 3.63) is 17.5 Å². The van der Waals surface area contributed by atoms with Crippen LogP contribution in [0.3, 0.4) is 0 Å². The summed E-state index contributed by atoms with van der Waals surface area (Å²) in [4.78, 5) is 7.79. The standard InChI is InChI=1S/C10H14ClN3O/c11-7-5-13-6-14-10(7)15-9-4-2-1-3-8(9)12/h5-6,8-9H,1-4,12H2. The molecule has 2 N–H and O–H groups in total. The van der Waals surface area contributed by atoms with Gasteiger partial charge < -0.3 is 10.5 Å². The first kappa shape index (κ1) is 10.6. The number of rotatable bonds is 2. The van der Waals surface area contributed by atoms with Crippen LogP contribution in [0.5, 0.6) is 5.88 Å². The Hall–Kier alpha value is -0.870. The molecule has 4 nitrogen and oxygen atoms in total. The molecule has 2 rings (SSSR count). The molecule has 0 aromatic carbocycles. The van der Waals surface area contributed by atoms with Crippen molar-refractivity contribution in [1.82, 2.24) is 9.97 Å². The van der Waals surface area contributed by atoms with E-state index >= 15 is 0 Å². The molecule has 2 unspecified atom stereocenters. The second-order valence-corrected chi connectivity index (χ2v) is 4.19. The van der Waals surface area contributed by atoms with Crippen LogP contribution in [0.25, 0.3) is 0 Å². The average Bonchev–Trinajstić information content (AvgIpc) is 2.24. The lowest BCUT2D eigenvalue weighted by molar-refractivity contribution is 0.126. The topological polar surface area (TPSA) is 61.0 Å². The lowest BCUT2D eigenvalue weighted by Crippen LogP contribution is -2.41. The molecule has 82 valence electrons. The van der Waals surface area contributed by atoms with Gasteiger partial charge in [0.15, 0.2) is 0 Å². The molecule has 0 spiro atoms. The van der Waals surface area contributed by atoms with Crippen LogP contribution < -0.4 is 10.5 Å². The van der Waals surface area contributed by atoms with Gasteiger partial charge >= 0.3 is 0 Å². The Labute approximate surface area is 93.8 Å². The second-order valence-electron chi connectivity index (χ2n) is 3.78. The molecule has 1 aromatic heterocycles. The predicted octanol–water partition coefficient (Wildman–Crippen LogP) is 1.78. The third kappa shape index (κ3) is 2.58. The van der Waals surface area contributed by atoms with Crippen molar-refractivity contribution < 1.29 is 4.74 Å². The molecular formula is C10H14ClN3O. The fraction of sp³-hybridized carbons (Fsp3) is 0.600. The van der Waals surface area contributed by atoms with Crippen LogP contribution in [-0.4, -0.2) is 22.1 Å². The highest BCUT2D eigenvalue weighted by molar-refractivity contribution is 6.31. The molecule has 1 aromatic rings. The molecule has 5 heteroatoms. The fourth-order valence-corrected chi connectivity index (χ4v) is 1.95. The minimum absolute atomic E-state index is 0.0335. The van der Waals surface area contributed by atoms with Gasteiger partial charge in [0.1, 0.15) is 17.5 Å². The van der Waals surface area contributed by atoms with E-state index in [2.05, 4.69) is 9.97 Å². The molecule has 0 bridgehead atoms. The van der Waals surface area contributed by atoms with E-state index in [1.165, 1.54) is 18.9 Å². The van der Waals surface area contributed by atoms with Gasteiger partial charge in [-0.25, -0.2) is 9.97 Å². The van der Waals surface area contributed by atoms with E-state index in [4.69, 9.17) is 22.1 Å². The molecule has 2 atom stereocenters. The fourth-order valence-electron chi connectivity index (χ4n) is 1.80. The van der Waals surface area contributed by atoms with Gasteiger partial charge in [-0.15, -0.1) is 0 Å². The van der Waals surface area contributed by atoms with E-state index in [1.807, 2.05) is 0 Å². The van der Waals surface area contributed by atoms with Crippen molar-refractivity contribution in [2.75, 3.05) is 0 Å². The number of nitrogens with zero attached hydrogens (tertiary/aromatic N) is 2. The van der Waals surface area contributed by atoms with Crippen molar-refractivity contribution in [2.45, 2.75) is 37.8 Å². The van der Waals surface area contributed by atoms with Crippen LogP contribution >= 0.6 is 11.6 Å². The summed E-state index contributed by atoms with van der Waals surface area (Å²) in [6, 6.07) is 0.0878. The van der Waals surface area contributed by atoms with E-state index in [0.29, 0.717) is 10.9 Å². The van der Waals surface area contributed by atoms with Crippen molar-refractivity contribution in [1.29, 1.82) is 0 Å². The molecule has 1 saturated carbocycles. The summed E-state index contributed by atoms with van der Waals surface area (Å²) in [6.45, 7) is 0. The zero-order chi connectivity index (χ0) is 10.7. The van der Waals surface area contributed by atoms with E-state index < -0.39 is 0 Å². The first-order valence-corrected chi connectivity index (χ1v) is 5.53. The summed E-state index contributed by atoms with van der Waals surface area (Å²) in [6.07, 6.45) is 7.30. The molecule has 1 aliphatic carbocycles. The minimum atomic E-state index is 0.0335. The van der Waals surface area contributed by atoms with Gasteiger partial charge in [-0.1, -0.05) is 18.0 Å². The molecule has 0 amide bonds. The van der Waals surface area contributed by atoms with E-state index in [0.717, 1.165) is 19.3 Å². The Bertz CT molecular complexity index is 334. The average molecular weight is 228 g/mol. The maximum absolute atomic E-state index is 5.97. The van der Waals surface area contributed by atoms with Crippen LogP contribution in [0.2, 0.25) is 5.02 Å². The molecule has 0 aliphatic heterocycles. The van der Waals surface area contributed by atoms with Crippen LogP contribution in [0, 0.1) is 0 Å². The third-order valence-corrected chi connectivity index (χ3v) is 2.91. The van der Waals surface area contributed by atoms with Crippen molar-refractivity contribution in [3.8, 4) is 5.88 Å². The first-order valence-electron chi connectivity index (χ1n) is 5.15. The second kappa shape index (κ2) is 4.77. The van der Waals surface area contributed by atoms with Gasteiger partial charge in [-0.3, -0.25) is 0 Å². The Kier molecular flexibility index (Phi) is 3.38. The highest BCUT2D eigenvalue weighted by Crippen LogP contribution is 2.25. The van der Waals surface area contributed by atoms with Gasteiger partial charge in [0, 0.05) is 6.04 Å². The molecule has 0 radical (unpaired) electrons. The van der Waals surface area contributed by atoms with E-state index in [-0.39, 0.29) is 12.1 Å². The lowest BCUT2D eigenvalue weighted by atomic mass is 9.93. The van der Waals surface area contributed by atoms with Crippen molar-refractivity contribution >= 4 is 11.6 Å². The normalized spacial score (nSPS) is 26.3. The van der Waals surface area contributed by atoms with E-state index in [1.54, 1.807) is 0 Å². The Morgan fingerprint density at radius 2 is 2.20 bits per heavy atom. The summed E-state index contributed by atoms with van der Waals surface area (Å²) in [7, 11) is 0. The maximum atomic E-state index is 5.97. The number of aromatic nitrogens is 2. The van der Waals surface area contributed by atoms with E-state index in [9.17, 15) is 0 Å². The Morgan fingerprint density at radius 1 is 1.40 bits per heavy atom. The van der Waals surface area contributed by atoms with Gasteiger partial charge in [-0.2, -0.15) is 0 Å². The quantitative estimate of drug-likeness (QED) is 0.837. The van der Waals surface area contributed by atoms with Crippen LogP contribution in [0.1, 0.15) is 25.7 Å². The van der Waals surface area contributed by atoms with Crippen LogP contribution in [0.15, 0.2) is 12.5 Å². The number of hydrogen-bond acceptors (Lipinski definition) is 4. The summed E-state index contributed by atoms with van der Waals surface area (Å²) in [5, 5.41) is 0.440. The van der Waals surface area contributed by atoms with Gasteiger partial charge in [0.25, 0.3) is 0 Å². The third-order valence-electron chi connectivity index (χ3n) is 2.65. The Balaban J connectivity index is 2.04. The molecule has 1 aliphatic rings. The molecule has 0 saturated heterocycles. The largest absolute Gasteiger partial charge is 0.472 e. The lowest BCUT2D eigenvalue weighted by Gasteiger charge is -2.28. The monoisotopic (exact) mass is 227 g/mol. The number of nitrogens with two attached hydrogens (primary N) is 1. The van der Waals surface area contributed by atoms with Gasteiger partial charge in [-0.05, 0) is 19.3 Å². The smallest absolute Gasteiger partial charge is 0.236 e. The number of ether oxygens (including phenoxy) is 1. The van der Waals surface area contributed by atoms with Crippen molar-refractivity contribution in [2.24, 2.45) is 5.73 Å². The highest BCUT2D eigenvalue weighted by Gasteiger charge is 2.24. The maximum Gasteiger partial charge on any atom is 0.236 e. The zero-order valence-electron chi connectivity index (χ0n) is 8.40. The summed E-state index contributed by atoms with van der Waals surface area (Å²) < 4.78 is 5.69. The first-order chi connectivity index (χ1) is 7.27. The summed E-state index contributed by atoms with van der Waals surface area (Å²) in [5.41, 5.74) is 5.97. The molecule has 1 heterocycles. The van der Waals surface area contributed by atoms with Gasteiger partial charge in [0.2, 0.25) is 5.88 Å². The highest BCUT2D eigenvalue weighted by atomic mass is 35.5. The number of hydrogen-bond donors (Lipinski definition) is 1. The summed E-state index contributed by atoms with van der Waals surface area (Å²) in [5.74, 6) is 0.439. The van der Waals surface area contributed by atoms with Crippen LogP contribution in [-0.2, 0) is 0 Å². The molecule has 15 heavy (non-hydrogen) atoms.